The zero-order valence-corrected chi connectivity index (χ0v) is 15.4. The fourth-order valence-electron chi connectivity index (χ4n) is 4.01. The van der Waals surface area contributed by atoms with Crippen molar-refractivity contribution in [2.45, 2.75) is 32.2 Å². The minimum Gasteiger partial charge on any atom is -0.342 e. The Labute approximate surface area is 154 Å². The third-order valence-corrected chi connectivity index (χ3v) is 5.75. The second-order valence-corrected chi connectivity index (χ2v) is 7.71. The highest BCUT2D eigenvalue weighted by Gasteiger charge is 2.36. The number of benzene rings is 2. The largest absolute Gasteiger partial charge is 0.342 e. The van der Waals surface area contributed by atoms with Gasteiger partial charge >= 0.3 is 0 Å². The molecule has 2 amide bonds. The summed E-state index contributed by atoms with van der Waals surface area (Å²) in [5.41, 5.74) is 1.18. The summed E-state index contributed by atoms with van der Waals surface area (Å²) in [5, 5.41) is 2.41. The number of carbonyl (C=O) groups excluding carboxylic acids is 2. The molecule has 0 bridgehead atoms. The van der Waals surface area contributed by atoms with Crippen LogP contribution < -0.4 is 0 Å². The van der Waals surface area contributed by atoms with Crippen LogP contribution in [0.15, 0.2) is 42.5 Å². The SMILES string of the molecule is CN(Cc1cccc2ccccc12)C(=O)C1CCN(C(=O)C2CC2)CC1. The Kier molecular flexibility index (Phi) is 4.66. The van der Waals surface area contributed by atoms with Gasteiger partial charge in [-0.2, -0.15) is 0 Å². The summed E-state index contributed by atoms with van der Waals surface area (Å²) in [6.45, 7) is 2.09. The molecule has 26 heavy (non-hydrogen) atoms. The number of piperidine rings is 1. The molecule has 0 aromatic heterocycles. The van der Waals surface area contributed by atoms with Gasteiger partial charge in [0, 0.05) is 38.5 Å². The highest BCUT2D eigenvalue weighted by molar-refractivity contribution is 5.86. The number of amides is 2. The lowest BCUT2D eigenvalue weighted by Crippen LogP contribution is -2.43. The van der Waals surface area contributed by atoms with Gasteiger partial charge in [-0.25, -0.2) is 0 Å². The molecule has 4 nitrogen and oxygen atoms in total. The van der Waals surface area contributed by atoms with E-state index in [0.717, 1.165) is 38.8 Å². The van der Waals surface area contributed by atoms with Crippen molar-refractivity contribution in [1.82, 2.24) is 9.80 Å². The first kappa shape index (κ1) is 17.1. The Bertz CT molecular complexity index is 815. The van der Waals surface area contributed by atoms with Crippen molar-refractivity contribution in [3.8, 4) is 0 Å². The van der Waals surface area contributed by atoms with Crippen molar-refractivity contribution in [2.24, 2.45) is 11.8 Å². The molecule has 0 spiro atoms. The lowest BCUT2D eigenvalue weighted by atomic mass is 9.94. The van der Waals surface area contributed by atoms with E-state index in [1.54, 1.807) is 0 Å². The number of hydrogen-bond acceptors (Lipinski definition) is 2. The van der Waals surface area contributed by atoms with E-state index in [4.69, 9.17) is 0 Å². The van der Waals surface area contributed by atoms with Crippen LogP contribution >= 0.6 is 0 Å². The Morgan fingerprint density at radius 3 is 2.38 bits per heavy atom. The number of carbonyl (C=O) groups is 2. The van der Waals surface area contributed by atoms with Gasteiger partial charge < -0.3 is 9.80 Å². The maximum Gasteiger partial charge on any atom is 0.225 e. The Morgan fingerprint density at radius 2 is 1.65 bits per heavy atom. The molecule has 2 aromatic carbocycles. The van der Waals surface area contributed by atoms with Gasteiger partial charge in [0.1, 0.15) is 0 Å². The average molecular weight is 350 g/mol. The molecule has 2 fully saturated rings. The summed E-state index contributed by atoms with van der Waals surface area (Å²) < 4.78 is 0. The number of rotatable bonds is 4. The van der Waals surface area contributed by atoms with E-state index < -0.39 is 0 Å². The van der Waals surface area contributed by atoms with Gasteiger partial charge in [-0.3, -0.25) is 9.59 Å². The van der Waals surface area contributed by atoms with Gasteiger partial charge in [0.2, 0.25) is 11.8 Å². The minimum atomic E-state index is 0.0400. The molecule has 1 saturated carbocycles. The quantitative estimate of drug-likeness (QED) is 0.847. The molecule has 1 saturated heterocycles. The highest BCUT2D eigenvalue weighted by Crippen LogP contribution is 2.32. The molecule has 4 rings (SSSR count). The predicted octanol–water partition coefficient (Wildman–Crippen LogP) is 3.45. The summed E-state index contributed by atoms with van der Waals surface area (Å²) in [5.74, 6) is 0.825. The first-order valence-corrected chi connectivity index (χ1v) is 9.64. The number of nitrogens with zero attached hydrogens (tertiary/aromatic N) is 2. The van der Waals surface area contributed by atoms with Crippen molar-refractivity contribution >= 4 is 22.6 Å². The van der Waals surface area contributed by atoms with Gasteiger partial charge in [0.15, 0.2) is 0 Å². The van der Waals surface area contributed by atoms with Crippen LogP contribution in [0.1, 0.15) is 31.2 Å². The maximum atomic E-state index is 12.9. The van der Waals surface area contributed by atoms with E-state index in [0.29, 0.717) is 12.5 Å². The summed E-state index contributed by atoms with van der Waals surface area (Å²) >= 11 is 0. The van der Waals surface area contributed by atoms with Gasteiger partial charge in [0.05, 0.1) is 0 Å². The van der Waals surface area contributed by atoms with E-state index in [1.165, 1.54) is 16.3 Å². The van der Waals surface area contributed by atoms with Crippen LogP contribution in [0.2, 0.25) is 0 Å². The van der Waals surface area contributed by atoms with Crippen LogP contribution in [-0.2, 0) is 16.1 Å². The van der Waals surface area contributed by atoms with Crippen molar-refractivity contribution in [1.29, 1.82) is 0 Å². The van der Waals surface area contributed by atoms with Gasteiger partial charge in [-0.15, -0.1) is 0 Å². The highest BCUT2D eigenvalue weighted by atomic mass is 16.2. The van der Waals surface area contributed by atoms with Crippen molar-refractivity contribution in [3.63, 3.8) is 0 Å². The van der Waals surface area contributed by atoms with E-state index >= 15 is 0 Å². The molecule has 0 atom stereocenters. The molecule has 0 unspecified atom stereocenters. The minimum absolute atomic E-state index is 0.0400. The van der Waals surface area contributed by atoms with Crippen molar-refractivity contribution < 1.29 is 9.59 Å². The molecule has 1 aliphatic heterocycles. The second-order valence-electron chi connectivity index (χ2n) is 7.71. The first-order chi connectivity index (χ1) is 12.6. The number of likely N-dealkylation sites (tertiary alicyclic amines) is 1. The molecule has 2 aromatic rings. The van der Waals surface area contributed by atoms with E-state index in [1.807, 2.05) is 29.0 Å². The third kappa shape index (κ3) is 3.46. The van der Waals surface area contributed by atoms with Crippen LogP contribution in [0, 0.1) is 11.8 Å². The standard InChI is InChI=1S/C22H26N2O2/c1-23(15-19-7-4-6-16-5-2-3-8-20(16)19)21(25)18-11-13-24(14-12-18)22(26)17-9-10-17/h2-8,17-18H,9-15H2,1H3. The average Bonchev–Trinajstić information content (AvgIpc) is 3.52. The smallest absolute Gasteiger partial charge is 0.225 e. The Morgan fingerprint density at radius 1 is 0.962 bits per heavy atom. The first-order valence-electron chi connectivity index (χ1n) is 9.64. The van der Waals surface area contributed by atoms with Crippen LogP contribution in [0.5, 0.6) is 0 Å². The van der Waals surface area contributed by atoms with Crippen molar-refractivity contribution in [3.05, 3.63) is 48.0 Å². The zero-order valence-electron chi connectivity index (χ0n) is 15.4. The molecular formula is C22H26N2O2. The summed E-state index contributed by atoms with van der Waals surface area (Å²) in [6, 6.07) is 14.6. The third-order valence-electron chi connectivity index (χ3n) is 5.75. The van der Waals surface area contributed by atoms with Crippen LogP contribution in [0.4, 0.5) is 0 Å². The van der Waals surface area contributed by atoms with E-state index in [-0.39, 0.29) is 17.7 Å². The topological polar surface area (TPSA) is 40.6 Å². The fourth-order valence-corrected chi connectivity index (χ4v) is 4.01. The molecule has 136 valence electrons. The second kappa shape index (κ2) is 7.10. The fraction of sp³-hybridized carbons (Fsp3) is 0.455. The normalized spacial score (nSPS) is 18.1. The van der Waals surface area contributed by atoms with Gasteiger partial charge in [-0.1, -0.05) is 42.5 Å². The van der Waals surface area contributed by atoms with E-state index in [9.17, 15) is 9.59 Å². The number of hydrogen-bond donors (Lipinski definition) is 0. The van der Waals surface area contributed by atoms with Crippen LogP contribution in [-0.4, -0.2) is 41.8 Å². The van der Waals surface area contributed by atoms with E-state index in [2.05, 4.69) is 30.3 Å². The predicted molar refractivity (Wildman–Crippen MR) is 102 cm³/mol. The molecule has 0 radical (unpaired) electrons. The molecule has 2 aliphatic rings. The van der Waals surface area contributed by atoms with Crippen molar-refractivity contribution in [2.75, 3.05) is 20.1 Å². The maximum absolute atomic E-state index is 12.9. The Hall–Kier alpha value is -2.36. The van der Waals surface area contributed by atoms with Crippen LogP contribution in [0.3, 0.4) is 0 Å². The zero-order chi connectivity index (χ0) is 18.1. The summed E-state index contributed by atoms with van der Waals surface area (Å²) in [6.07, 6.45) is 3.67. The van der Waals surface area contributed by atoms with Gasteiger partial charge in [0.25, 0.3) is 0 Å². The lowest BCUT2D eigenvalue weighted by molar-refractivity contribution is -0.140. The molecule has 1 heterocycles. The van der Waals surface area contributed by atoms with Crippen LogP contribution in [0.25, 0.3) is 10.8 Å². The monoisotopic (exact) mass is 350 g/mol. The molecular weight excluding hydrogens is 324 g/mol. The molecule has 1 aliphatic carbocycles. The Balaban J connectivity index is 1.38. The molecule has 0 N–H and O–H groups in total. The molecule has 4 heteroatoms. The summed E-state index contributed by atoms with van der Waals surface area (Å²) in [7, 11) is 1.89. The van der Waals surface area contributed by atoms with Gasteiger partial charge in [-0.05, 0) is 42.0 Å². The number of fused-ring (bicyclic) bond motifs is 1. The lowest BCUT2D eigenvalue weighted by Gasteiger charge is -2.33. The summed E-state index contributed by atoms with van der Waals surface area (Å²) in [4.78, 5) is 28.9.